The Hall–Kier alpha value is -1.70. The molecule has 0 saturated heterocycles. The molecule has 96 valence electrons. The summed E-state index contributed by atoms with van der Waals surface area (Å²) < 4.78 is 0. The van der Waals surface area contributed by atoms with Gasteiger partial charge in [-0.2, -0.15) is 0 Å². The van der Waals surface area contributed by atoms with Gasteiger partial charge in [0.15, 0.2) is 0 Å². The highest BCUT2D eigenvalue weighted by atomic mass is 14.9. The van der Waals surface area contributed by atoms with Crippen LogP contribution in [0.3, 0.4) is 0 Å². The van der Waals surface area contributed by atoms with Crippen LogP contribution in [0.4, 0.5) is 11.4 Å². The summed E-state index contributed by atoms with van der Waals surface area (Å²) in [6, 6.07) is 14.0. The van der Waals surface area contributed by atoms with Crippen molar-refractivity contribution >= 4 is 22.1 Å². The number of anilines is 2. The predicted octanol–water partition coefficient (Wildman–Crippen LogP) is 4.48. The first-order valence-corrected chi connectivity index (χ1v) is 6.61. The highest BCUT2D eigenvalue weighted by Crippen LogP contribution is 2.23. The van der Waals surface area contributed by atoms with Crippen molar-refractivity contribution in [3.8, 4) is 0 Å². The molecule has 0 fully saturated rings. The molecule has 0 amide bonds. The van der Waals surface area contributed by atoms with Gasteiger partial charge in [-0.15, -0.1) is 0 Å². The van der Waals surface area contributed by atoms with Crippen LogP contribution in [0.5, 0.6) is 0 Å². The van der Waals surface area contributed by atoms with Crippen molar-refractivity contribution in [2.24, 2.45) is 0 Å². The lowest BCUT2D eigenvalue weighted by molar-refractivity contribution is 0.899. The van der Waals surface area contributed by atoms with Crippen LogP contribution in [0.1, 0.15) is 27.7 Å². The molecule has 0 aromatic heterocycles. The summed E-state index contributed by atoms with van der Waals surface area (Å²) in [5, 5.41) is 9.40. The van der Waals surface area contributed by atoms with Crippen LogP contribution in [-0.2, 0) is 0 Å². The largest absolute Gasteiger partial charge is 0.383 e. The van der Waals surface area contributed by atoms with E-state index in [9.17, 15) is 0 Å². The van der Waals surface area contributed by atoms with Gasteiger partial charge in [-0.05, 0) is 62.7 Å². The first kappa shape index (κ1) is 12.7. The van der Waals surface area contributed by atoms with Crippen LogP contribution in [0.25, 0.3) is 10.8 Å². The topological polar surface area (TPSA) is 24.1 Å². The fraction of sp³-hybridized carbons (Fsp3) is 0.375. The minimum Gasteiger partial charge on any atom is -0.383 e. The second-order valence-corrected chi connectivity index (χ2v) is 5.37. The van der Waals surface area contributed by atoms with Crippen molar-refractivity contribution in [1.29, 1.82) is 0 Å². The van der Waals surface area contributed by atoms with E-state index in [0.29, 0.717) is 12.1 Å². The molecular formula is C16H22N2. The molecule has 2 aromatic rings. The van der Waals surface area contributed by atoms with E-state index in [1.54, 1.807) is 0 Å². The fourth-order valence-electron chi connectivity index (χ4n) is 2.09. The summed E-state index contributed by atoms with van der Waals surface area (Å²) in [7, 11) is 0. The molecule has 2 heteroatoms. The maximum absolute atomic E-state index is 3.43. The lowest BCUT2D eigenvalue weighted by atomic mass is 10.1. The van der Waals surface area contributed by atoms with Gasteiger partial charge < -0.3 is 10.6 Å². The molecule has 2 N–H and O–H groups in total. The summed E-state index contributed by atoms with van der Waals surface area (Å²) in [4.78, 5) is 0. The summed E-state index contributed by atoms with van der Waals surface area (Å²) >= 11 is 0. The molecule has 0 aliphatic heterocycles. The first-order valence-electron chi connectivity index (χ1n) is 6.61. The van der Waals surface area contributed by atoms with Gasteiger partial charge in [-0.1, -0.05) is 12.1 Å². The quantitative estimate of drug-likeness (QED) is 0.826. The van der Waals surface area contributed by atoms with Crippen molar-refractivity contribution in [1.82, 2.24) is 0 Å². The van der Waals surface area contributed by atoms with Crippen molar-refractivity contribution in [3.63, 3.8) is 0 Å². The van der Waals surface area contributed by atoms with Gasteiger partial charge in [-0.25, -0.2) is 0 Å². The molecule has 0 saturated carbocycles. The number of nitrogens with one attached hydrogen (secondary N) is 2. The summed E-state index contributed by atoms with van der Waals surface area (Å²) in [5.74, 6) is 0. The van der Waals surface area contributed by atoms with Gasteiger partial charge in [0, 0.05) is 23.5 Å². The van der Waals surface area contributed by atoms with Gasteiger partial charge >= 0.3 is 0 Å². The van der Waals surface area contributed by atoms with E-state index in [0.717, 1.165) is 0 Å². The Kier molecular flexibility index (Phi) is 3.75. The molecular weight excluding hydrogens is 220 g/mol. The van der Waals surface area contributed by atoms with Crippen molar-refractivity contribution in [2.75, 3.05) is 10.6 Å². The van der Waals surface area contributed by atoms with Crippen LogP contribution >= 0.6 is 0 Å². The normalized spacial score (nSPS) is 11.2. The highest BCUT2D eigenvalue weighted by molar-refractivity contribution is 5.88. The molecule has 0 bridgehead atoms. The van der Waals surface area contributed by atoms with Gasteiger partial charge in [0.1, 0.15) is 0 Å². The maximum atomic E-state index is 3.43. The molecule has 0 aliphatic carbocycles. The molecule has 2 aromatic carbocycles. The fourth-order valence-corrected chi connectivity index (χ4v) is 2.09. The van der Waals surface area contributed by atoms with E-state index < -0.39 is 0 Å². The Morgan fingerprint density at radius 1 is 0.667 bits per heavy atom. The van der Waals surface area contributed by atoms with Gasteiger partial charge in [0.05, 0.1) is 0 Å². The SMILES string of the molecule is CC(C)Nc1ccc2cc(NC(C)C)ccc2c1. The predicted molar refractivity (Wildman–Crippen MR) is 81.5 cm³/mol. The Morgan fingerprint density at radius 2 is 1.06 bits per heavy atom. The van der Waals surface area contributed by atoms with Gasteiger partial charge in [-0.3, -0.25) is 0 Å². The summed E-state index contributed by atoms with van der Waals surface area (Å²) in [5.41, 5.74) is 2.36. The number of hydrogen-bond donors (Lipinski definition) is 2. The van der Waals surface area contributed by atoms with E-state index in [2.05, 4.69) is 74.7 Å². The molecule has 2 nitrogen and oxygen atoms in total. The Labute approximate surface area is 109 Å². The Bertz CT molecular complexity index is 480. The molecule has 18 heavy (non-hydrogen) atoms. The maximum Gasteiger partial charge on any atom is 0.0348 e. The lowest BCUT2D eigenvalue weighted by Gasteiger charge is -2.13. The molecule has 0 radical (unpaired) electrons. The third kappa shape index (κ3) is 3.16. The average Bonchev–Trinajstić information content (AvgIpc) is 2.27. The van der Waals surface area contributed by atoms with E-state index in [1.807, 2.05) is 0 Å². The Balaban J connectivity index is 2.30. The molecule has 0 atom stereocenters. The molecule has 0 aliphatic rings. The number of fused-ring (bicyclic) bond motifs is 1. The number of rotatable bonds is 4. The minimum absolute atomic E-state index is 0.462. The zero-order valence-electron chi connectivity index (χ0n) is 11.6. The van der Waals surface area contributed by atoms with Crippen LogP contribution in [0.15, 0.2) is 36.4 Å². The van der Waals surface area contributed by atoms with Gasteiger partial charge in [0.2, 0.25) is 0 Å². The smallest absolute Gasteiger partial charge is 0.0348 e. The number of benzene rings is 2. The third-order valence-corrected chi connectivity index (χ3v) is 2.75. The zero-order chi connectivity index (χ0) is 13.1. The molecule has 0 unspecified atom stereocenters. The standard InChI is InChI=1S/C16H22N2/c1-11(2)17-15-7-5-14-10-16(18-12(3)4)8-6-13(14)9-15/h5-12,17-18H,1-4H3. The van der Waals surface area contributed by atoms with Crippen LogP contribution < -0.4 is 10.6 Å². The van der Waals surface area contributed by atoms with Crippen molar-refractivity contribution in [3.05, 3.63) is 36.4 Å². The first-order chi connectivity index (χ1) is 8.54. The minimum atomic E-state index is 0.462. The van der Waals surface area contributed by atoms with Crippen molar-refractivity contribution in [2.45, 2.75) is 39.8 Å². The number of hydrogen-bond acceptors (Lipinski definition) is 2. The van der Waals surface area contributed by atoms with Crippen LogP contribution in [-0.4, -0.2) is 12.1 Å². The molecule has 2 rings (SSSR count). The zero-order valence-corrected chi connectivity index (χ0v) is 11.6. The van der Waals surface area contributed by atoms with Gasteiger partial charge in [0.25, 0.3) is 0 Å². The third-order valence-electron chi connectivity index (χ3n) is 2.75. The average molecular weight is 242 g/mol. The van der Waals surface area contributed by atoms with E-state index in [4.69, 9.17) is 0 Å². The molecule has 0 spiro atoms. The monoisotopic (exact) mass is 242 g/mol. The summed E-state index contributed by atoms with van der Waals surface area (Å²) in [6.07, 6.45) is 0. The lowest BCUT2D eigenvalue weighted by Crippen LogP contribution is -2.10. The van der Waals surface area contributed by atoms with Crippen LogP contribution in [0, 0.1) is 0 Å². The van der Waals surface area contributed by atoms with E-state index in [1.165, 1.54) is 22.1 Å². The molecule has 0 heterocycles. The second kappa shape index (κ2) is 5.30. The Morgan fingerprint density at radius 3 is 1.39 bits per heavy atom. The van der Waals surface area contributed by atoms with Crippen LogP contribution in [0.2, 0.25) is 0 Å². The highest BCUT2D eigenvalue weighted by Gasteiger charge is 2.00. The second-order valence-electron chi connectivity index (χ2n) is 5.37. The van der Waals surface area contributed by atoms with E-state index >= 15 is 0 Å². The summed E-state index contributed by atoms with van der Waals surface area (Å²) in [6.45, 7) is 8.61. The van der Waals surface area contributed by atoms with E-state index in [-0.39, 0.29) is 0 Å². The van der Waals surface area contributed by atoms with Crippen molar-refractivity contribution < 1.29 is 0 Å².